The largest absolute Gasteiger partial charge is 0.467 e. The topological polar surface area (TPSA) is 78.9 Å². The molecule has 0 N–H and O–H groups in total. The number of hydrogen-bond donors (Lipinski definition) is 0. The summed E-state index contributed by atoms with van der Waals surface area (Å²) in [6.45, 7) is 5.52. The van der Waals surface area contributed by atoms with Gasteiger partial charge >= 0.3 is 11.9 Å². The maximum Gasteiger partial charge on any atom is 0.305 e. The number of esters is 2. The first-order valence-corrected chi connectivity index (χ1v) is 16.3. The second-order valence-electron chi connectivity index (χ2n) is 12.8. The van der Waals surface area contributed by atoms with Gasteiger partial charge in [-0.2, -0.15) is 0 Å². The predicted octanol–water partition coefficient (Wildman–Crippen LogP) is 7.78. The molecule has 0 amide bonds. The zero-order chi connectivity index (χ0) is 30.0. The van der Waals surface area contributed by atoms with Gasteiger partial charge in [0.25, 0.3) is 6.47 Å². The van der Waals surface area contributed by atoms with Gasteiger partial charge in [-0.05, 0) is 12.8 Å². The van der Waals surface area contributed by atoms with E-state index in [2.05, 4.69) is 13.8 Å². The highest BCUT2D eigenvalue weighted by atomic mass is 16.6. The summed E-state index contributed by atoms with van der Waals surface area (Å²) in [6.07, 6.45) is 22.1. The molecular weight excluding hydrogens is 506 g/mol. The molecule has 236 valence electrons. The van der Waals surface area contributed by atoms with Crippen molar-refractivity contribution in [3.63, 3.8) is 0 Å². The van der Waals surface area contributed by atoms with Crippen molar-refractivity contribution < 1.29 is 33.1 Å². The van der Waals surface area contributed by atoms with Crippen molar-refractivity contribution >= 4 is 18.4 Å². The molecule has 0 saturated carbocycles. The molecule has 0 aromatic rings. The van der Waals surface area contributed by atoms with Crippen LogP contribution in [0.25, 0.3) is 0 Å². The summed E-state index contributed by atoms with van der Waals surface area (Å²) in [6, 6.07) is 0. The van der Waals surface area contributed by atoms with E-state index in [0.717, 1.165) is 38.5 Å². The Morgan fingerprint density at radius 1 is 0.575 bits per heavy atom. The SMILES string of the molecule is CCCCCCCCCCCC(=O)OCC(COC=O)(COC(=O)CCCCCCCCCCC)C[N+](C)(C)C. The first kappa shape index (κ1) is 38.4. The molecule has 0 rings (SSSR count). The Morgan fingerprint density at radius 3 is 1.25 bits per heavy atom. The van der Waals surface area contributed by atoms with Gasteiger partial charge in [-0.3, -0.25) is 14.4 Å². The molecule has 0 heterocycles. The van der Waals surface area contributed by atoms with E-state index in [4.69, 9.17) is 14.2 Å². The van der Waals surface area contributed by atoms with Crippen LogP contribution in [0.2, 0.25) is 0 Å². The van der Waals surface area contributed by atoms with Crippen LogP contribution in [0.5, 0.6) is 0 Å². The normalized spacial score (nSPS) is 11.8. The molecule has 0 unspecified atom stereocenters. The third kappa shape index (κ3) is 24.2. The Morgan fingerprint density at radius 2 is 0.925 bits per heavy atom. The molecule has 0 aliphatic heterocycles. The highest BCUT2D eigenvalue weighted by Gasteiger charge is 2.40. The monoisotopic (exact) mass is 570 g/mol. The number of ether oxygens (including phenoxy) is 3. The summed E-state index contributed by atoms with van der Waals surface area (Å²) in [5.74, 6) is -0.498. The van der Waals surface area contributed by atoms with E-state index < -0.39 is 5.41 Å². The molecular formula is C33H64NO6+. The van der Waals surface area contributed by atoms with Gasteiger partial charge in [0, 0.05) is 12.8 Å². The summed E-state index contributed by atoms with van der Waals surface area (Å²) in [4.78, 5) is 36.1. The molecule has 0 aliphatic rings. The van der Waals surface area contributed by atoms with E-state index in [0.29, 0.717) is 30.3 Å². The van der Waals surface area contributed by atoms with Gasteiger partial charge in [0.2, 0.25) is 0 Å². The van der Waals surface area contributed by atoms with Gasteiger partial charge < -0.3 is 18.7 Å². The average molecular weight is 571 g/mol. The third-order valence-electron chi connectivity index (χ3n) is 7.31. The van der Waals surface area contributed by atoms with Crippen molar-refractivity contribution in [2.75, 3.05) is 47.5 Å². The molecule has 0 atom stereocenters. The molecule has 0 radical (unpaired) electrons. The minimum atomic E-state index is -0.790. The van der Waals surface area contributed by atoms with Crippen molar-refractivity contribution in [3.05, 3.63) is 0 Å². The number of hydrogen-bond acceptors (Lipinski definition) is 6. The van der Waals surface area contributed by atoms with Crippen molar-refractivity contribution in [1.82, 2.24) is 0 Å². The molecule has 0 fully saturated rings. The van der Waals surface area contributed by atoms with E-state index >= 15 is 0 Å². The van der Waals surface area contributed by atoms with Crippen LogP contribution in [0.3, 0.4) is 0 Å². The lowest BCUT2D eigenvalue weighted by molar-refractivity contribution is -0.877. The zero-order valence-electron chi connectivity index (χ0n) is 26.9. The van der Waals surface area contributed by atoms with E-state index in [1.54, 1.807) is 0 Å². The maximum absolute atomic E-state index is 12.5. The summed E-state index contributed by atoms with van der Waals surface area (Å²) in [5, 5.41) is 0. The van der Waals surface area contributed by atoms with Crippen LogP contribution in [-0.2, 0) is 28.6 Å². The summed E-state index contributed by atoms with van der Waals surface area (Å²) >= 11 is 0. The molecule has 0 aromatic heterocycles. The third-order valence-corrected chi connectivity index (χ3v) is 7.31. The van der Waals surface area contributed by atoms with Crippen LogP contribution >= 0.6 is 0 Å². The van der Waals surface area contributed by atoms with Crippen LogP contribution in [0.15, 0.2) is 0 Å². The van der Waals surface area contributed by atoms with Crippen LogP contribution in [0.1, 0.15) is 142 Å². The number of rotatable bonds is 29. The lowest BCUT2D eigenvalue weighted by Gasteiger charge is -2.37. The van der Waals surface area contributed by atoms with E-state index in [9.17, 15) is 14.4 Å². The molecule has 40 heavy (non-hydrogen) atoms. The Labute approximate surface area is 246 Å². The lowest BCUT2D eigenvalue weighted by Crippen LogP contribution is -2.52. The first-order chi connectivity index (χ1) is 19.2. The lowest BCUT2D eigenvalue weighted by atomic mass is 9.89. The molecule has 7 heteroatoms. The quantitative estimate of drug-likeness (QED) is 0.0300. The van der Waals surface area contributed by atoms with Crippen LogP contribution < -0.4 is 0 Å². The van der Waals surface area contributed by atoms with Crippen LogP contribution in [-0.4, -0.2) is 70.4 Å². The summed E-state index contributed by atoms with van der Waals surface area (Å²) in [5.41, 5.74) is -0.790. The highest BCUT2D eigenvalue weighted by Crippen LogP contribution is 2.24. The fourth-order valence-corrected chi connectivity index (χ4v) is 5.25. The smallest absolute Gasteiger partial charge is 0.305 e. The zero-order valence-corrected chi connectivity index (χ0v) is 26.9. The van der Waals surface area contributed by atoms with Gasteiger partial charge in [-0.1, -0.05) is 117 Å². The van der Waals surface area contributed by atoms with Crippen LogP contribution in [0, 0.1) is 5.41 Å². The average Bonchev–Trinajstić information content (AvgIpc) is 2.91. The number of carbonyl (C=O) groups is 3. The van der Waals surface area contributed by atoms with Gasteiger partial charge in [0.05, 0.1) is 27.7 Å². The Hall–Kier alpha value is -1.63. The molecule has 0 spiro atoms. The summed E-state index contributed by atoms with van der Waals surface area (Å²) < 4.78 is 17.1. The number of nitrogens with zero attached hydrogens (tertiary/aromatic N) is 1. The minimum absolute atomic E-state index is 0.0304. The van der Waals surface area contributed by atoms with E-state index in [-0.39, 0.29) is 31.8 Å². The molecule has 0 saturated heterocycles. The molecule has 7 nitrogen and oxygen atoms in total. The van der Waals surface area contributed by atoms with E-state index in [1.807, 2.05) is 21.1 Å². The Balaban J connectivity index is 4.58. The highest BCUT2D eigenvalue weighted by molar-refractivity contribution is 5.69. The maximum atomic E-state index is 12.5. The summed E-state index contributed by atoms with van der Waals surface area (Å²) in [7, 11) is 6.05. The van der Waals surface area contributed by atoms with Crippen LogP contribution in [0.4, 0.5) is 0 Å². The first-order valence-electron chi connectivity index (χ1n) is 16.3. The predicted molar refractivity (Wildman–Crippen MR) is 163 cm³/mol. The second kappa shape index (κ2) is 25.1. The van der Waals surface area contributed by atoms with E-state index in [1.165, 1.54) is 77.0 Å². The number of unbranched alkanes of at least 4 members (excludes halogenated alkanes) is 16. The van der Waals surface area contributed by atoms with Gasteiger partial charge in [0.1, 0.15) is 25.2 Å². The minimum Gasteiger partial charge on any atom is -0.467 e. The van der Waals surface area contributed by atoms with Crippen molar-refractivity contribution in [1.29, 1.82) is 0 Å². The standard InChI is InChI=1S/C33H64NO6/c1-6-8-10-12-14-16-18-20-22-24-31(36)39-28-33(27-38-30-35,26-34(3,4)5)29-40-32(37)25-23-21-19-17-15-13-11-9-7-2/h30H,6-29H2,1-5H3/q+1. The van der Waals surface area contributed by atoms with Crippen molar-refractivity contribution in [2.24, 2.45) is 5.41 Å². The Bertz CT molecular complexity index is 593. The van der Waals surface area contributed by atoms with Gasteiger partial charge in [-0.25, -0.2) is 0 Å². The molecule has 0 bridgehead atoms. The van der Waals surface area contributed by atoms with Gasteiger partial charge in [0.15, 0.2) is 0 Å². The fourth-order valence-electron chi connectivity index (χ4n) is 5.25. The fraction of sp³-hybridized carbons (Fsp3) is 0.909. The van der Waals surface area contributed by atoms with Crippen molar-refractivity contribution in [3.8, 4) is 0 Å². The van der Waals surface area contributed by atoms with Crippen molar-refractivity contribution in [2.45, 2.75) is 142 Å². The Kier molecular flexibility index (Phi) is 24.1. The number of quaternary nitrogens is 1. The molecule has 0 aromatic carbocycles. The second-order valence-corrected chi connectivity index (χ2v) is 12.8. The molecule has 0 aliphatic carbocycles. The number of carbonyl (C=O) groups excluding carboxylic acids is 3. The van der Waals surface area contributed by atoms with Gasteiger partial charge in [-0.15, -0.1) is 0 Å².